The maximum absolute atomic E-state index is 10.6. The number of benzene rings is 1. The molecule has 3 rings (SSSR count). The first-order valence-corrected chi connectivity index (χ1v) is 7.74. The number of hydrogen-bond acceptors (Lipinski definition) is 4. The topological polar surface area (TPSA) is 38.7 Å². The molecule has 0 radical (unpaired) electrons. The van der Waals surface area contributed by atoms with Crippen LogP contribution in [0.2, 0.25) is 0 Å². The first-order valence-electron chi connectivity index (χ1n) is 6.86. The van der Waals surface area contributed by atoms with E-state index in [0.29, 0.717) is 6.61 Å². The monoisotopic (exact) mass is 290 g/mol. The molecule has 20 heavy (non-hydrogen) atoms. The lowest BCUT2D eigenvalue weighted by atomic mass is 10.0. The van der Waals surface area contributed by atoms with Crippen LogP contribution in [0.3, 0.4) is 0 Å². The SMILES string of the molecule is CCOc1cc2c(cc1C(O)c1cccs1)OC(C)C2. The summed E-state index contributed by atoms with van der Waals surface area (Å²) in [6, 6.07) is 7.81. The lowest BCUT2D eigenvalue weighted by Gasteiger charge is -2.16. The molecule has 1 aliphatic rings. The van der Waals surface area contributed by atoms with E-state index in [-0.39, 0.29) is 6.10 Å². The minimum absolute atomic E-state index is 0.189. The molecule has 0 aliphatic carbocycles. The van der Waals surface area contributed by atoms with Crippen molar-refractivity contribution in [1.29, 1.82) is 0 Å². The molecule has 2 aromatic rings. The first kappa shape index (κ1) is 13.5. The van der Waals surface area contributed by atoms with Crippen molar-refractivity contribution in [3.05, 3.63) is 45.6 Å². The smallest absolute Gasteiger partial charge is 0.126 e. The van der Waals surface area contributed by atoms with Crippen LogP contribution in [0.5, 0.6) is 11.5 Å². The summed E-state index contributed by atoms with van der Waals surface area (Å²) in [5.41, 5.74) is 1.94. The van der Waals surface area contributed by atoms with E-state index in [4.69, 9.17) is 9.47 Å². The summed E-state index contributed by atoms with van der Waals surface area (Å²) < 4.78 is 11.5. The van der Waals surface area contributed by atoms with Gasteiger partial charge >= 0.3 is 0 Å². The van der Waals surface area contributed by atoms with E-state index in [1.54, 1.807) is 11.3 Å². The molecular formula is C16H18O3S. The second kappa shape index (κ2) is 5.46. The summed E-state index contributed by atoms with van der Waals surface area (Å²) in [5.74, 6) is 1.62. The summed E-state index contributed by atoms with van der Waals surface area (Å²) in [6.07, 6.45) is 0.417. The van der Waals surface area contributed by atoms with Gasteiger partial charge in [0.05, 0.1) is 6.61 Å². The third kappa shape index (κ3) is 2.41. The maximum Gasteiger partial charge on any atom is 0.126 e. The average molecular weight is 290 g/mol. The number of fused-ring (bicyclic) bond motifs is 1. The first-order chi connectivity index (χ1) is 9.69. The molecule has 106 valence electrons. The van der Waals surface area contributed by atoms with Crippen LogP contribution in [-0.4, -0.2) is 17.8 Å². The van der Waals surface area contributed by atoms with Gasteiger partial charge in [-0.25, -0.2) is 0 Å². The van der Waals surface area contributed by atoms with Crippen LogP contribution in [0.15, 0.2) is 29.6 Å². The normalized spacial score (nSPS) is 18.4. The molecule has 0 spiro atoms. The zero-order valence-corrected chi connectivity index (χ0v) is 12.4. The van der Waals surface area contributed by atoms with Gasteiger partial charge in [0.25, 0.3) is 0 Å². The molecule has 1 aromatic heterocycles. The van der Waals surface area contributed by atoms with Gasteiger partial charge in [0, 0.05) is 22.4 Å². The largest absolute Gasteiger partial charge is 0.493 e. The number of ether oxygens (including phenoxy) is 2. The van der Waals surface area contributed by atoms with Crippen LogP contribution in [-0.2, 0) is 6.42 Å². The fourth-order valence-corrected chi connectivity index (χ4v) is 3.28. The van der Waals surface area contributed by atoms with Crippen molar-refractivity contribution in [3.63, 3.8) is 0 Å². The van der Waals surface area contributed by atoms with Crippen LogP contribution < -0.4 is 9.47 Å². The molecule has 2 unspecified atom stereocenters. The summed E-state index contributed by atoms with van der Waals surface area (Å²) >= 11 is 1.54. The molecule has 4 heteroatoms. The summed E-state index contributed by atoms with van der Waals surface area (Å²) in [4.78, 5) is 0.914. The Morgan fingerprint density at radius 3 is 3.05 bits per heavy atom. The zero-order chi connectivity index (χ0) is 14.1. The van der Waals surface area contributed by atoms with Gasteiger partial charge in [0.2, 0.25) is 0 Å². The number of aliphatic hydroxyl groups excluding tert-OH is 1. The molecule has 0 fully saturated rings. The fourth-order valence-electron chi connectivity index (χ4n) is 2.55. The van der Waals surface area contributed by atoms with E-state index in [9.17, 15) is 5.11 Å². The fraction of sp³-hybridized carbons (Fsp3) is 0.375. The molecule has 1 N–H and O–H groups in total. The molecule has 2 heterocycles. The van der Waals surface area contributed by atoms with Gasteiger partial charge in [-0.2, -0.15) is 0 Å². The van der Waals surface area contributed by atoms with Crippen LogP contribution in [0.1, 0.15) is 36.0 Å². The van der Waals surface area contributed by atoms with Crippen molar-refractivity contribution in [1.82, 2.24) is 0 Å². The lowest BCUT2D eigenvalue weighted by molar-refractivity contribution is 0.213. The molecular weight excluding hydrogens is 272 g/mol. The number of hydrogen-bond donors (Lipinski definition) is 1. The van der Waals surface area contributed by atoms with Gasteiger partial charge in [-0.05, 0) is 37.4 Å². The standard InChI is InChI=1S/C16H18O3S/c1-3-18-14-8-11-7-10(2)19-13(11)9-12(14)16(17)15-5-4-6-20-15/h4-6,8-10,16-17H,3,7H2,1-2H3. The third-order valence-corrected chi connectivity index (χ3v) is 4.36. The molecule has 1 aromatic carbocycles. The average Bonchev–Trinajstić information content (AvgIpc) is 3.05. The Morgan fingerprint density at radius 2 is 2.35 bits per heavy atom. The van der Waals surface area contributed by atoms with Gasteiger partial charge in [0.1, 0.15) is 23.7 Å². The van der Waals surface area contributed by atoms with Gasteiger partial charge < -0.3 is 14.6 Å². The Morgan fingerprint density at radius 1 is 1.50 bits per heavy atom. The third-order valence-electron chi connectivity index (χ3n) is 3.44. The minimum Gasteiger partial charge on any atom is -0.493 e. The van der Waals surface area contributed by atoms with Crippen molar-refractivity contribution >= 4 is 11.3 Å². The van der Waals surface area contributed by atoms with Crippen LogP contribution >= 0.6 is 11.3 Å². The summed E-state index contributed by atoms with van der Waals surface area (Å²) in [5, 5.41) is 12.5. The second-order valence-electron chi connectivity index (χ2n) is 4.98. The van der Waals surface area contributed by atoms with Crippen molar-refractivity contribution in [2.24, 2.45) is 0 Å². The Labute approximate surface area is 122 Å². The zero-order valence-electron chi connectivity index (χ0n) is 11.6. The Hall–Kier alpha value is -1.52. The molecule has 2 atom stereocenters. The molecule has 1 aliphatic heterocycles. The molecule has 0 saturated heterocycles. The lowest BCUT2D eigenvalue weighted by Crippen LogP contribution is -2.05. The van der Waals surface area contributed by atoms with Gasteiger partial charge in [-0.3, -0.25) is 0 Å². The number of aliphatic hydroxyl groups is 1. The highest BCUT2D eigenvalue weighted by Crippen LogP contribution is 2.40. The highest BCUT2D eigenvalue weighted by Gasteiger charge is 2.25. The molecule has 0 amide bonds. The Kier molecular flexibility index (Phi) is 3.68. The molecule has 0 saturated carbocycles. The van der Waals surface area contributed by atoms with E-state index in [1.807, 2.05) is 36.6 Å². The predicted molar refractivity (Wildman–Crippen MR) is 79.8 cm³/mol. The van der Waals surface area contributed by atoms with Gasteiger partial charge in [0.15, 0.2) is 0 Å². The number of rotatable bonds is 4. The van der Waals surface area contributed by atoms with Crippen LogP contribution in [0, 0.1) is 0 Å². The Balaban J connectivity index is 2.02. The maximum atomic E-state index is 10.6. The van der Waals surface area contributed by atoms with Crippen molar-refractivity contribution in [3.8, 4) is 11.5 Å². The highest BCUT2D eigenvalue weighted by molar-refractivity contribution is 7.10. The van der Waals surface area contributed by atoms with E-state index in [2.05, 4.69) is 6.92 Å². The van der Waals surface area contributed by atoms with E-state index in [0.717, 1.165) is 33.9 Å². The van der Waals surface area contributed by atoms with Gasteiger partial charge in [-0.15, -0.1) is 11.3 Å². The van der Waals surface area contributed by atoms with Crippen molar-refractivity contribution < 1.29 is 14.6 Å². The Bertz CT molecular complexity index is 592. The van der Waals surface area contributed by atoms with Crippen LogP contribution in [0.25, 0.3) is 0 Å². The highest BCUT2D eigenvalue weighted by atomic mass is 32.1. The van der Waals surface area contributed by atoms with Crippen molar-refractivity contribution in [2.75, 3.05) is 6.61 Å². The minimum atomic E-state index is -0.665. The number of thiophene rings is 1. The van der Waals surface area contributed by atoms with Crippen LogP contribution in [0.4, 0.5) is 0 Å². The van der Waals surface area contributed by atoms with E-state index >= 15 is 0 Å². The predicted octanol–water partition coefficient (Wildman–Crippen LogP) is 3.55. The second-order valence-corrected chi connectivity index (χ2v) is 5.96. The van der Waals surface area contributed by atoms with E-state index < -0.39 is 6.10 Å². The molecule has 0 bridgehead atoms. The van der Waals surface area contributed by atoms with Crippen molar-refractivity contribution in [2.45, 2.75) is 32.5 Å². The molecule has 3 nitrogen and oxygen atoms in total. The van der Waals surface area contributed by atoms with Gasteiger partial charge in [-0.1, -0.05) is 6.07 Å². The summed E-state index contributed by atoms with van der Waals surface area (Å²) in [7, 11) is 0. The quantitative estimate of drug-likeness (QED) is 0.936. The summed E-state index contributed by atoms with van der Waals surface area (Å²) in [6.45, 7) is 4.59. The van der Waals surface area contributed by atoms with E-state index in [1.165, 1.54) is 0 Å².